The zero-order valence-corrected chi connectivity index (χ0v) is 14.3. The van der Waals surface area contributed by atoms with Crippen molar-refractivity contribution in [2.24, 2.45) is 11.7 Å². The zero-order valence-electron chi connectivity index (χ0n) is 14.3. The van der Waals surface area contributed by atoms with Crippen LogP contribution in [0.2, 0.25) is 0 Å². The molecule has 0 heterocycles. The van der Waals surface area contributed by atoms with Crippen molar-refractivity contribution in [1.82, 2.24) is 5.32 Å². The summed E-state index contributed by atoms with van der Waals surface area (Å²) >= 11 is 0. The molecule has 132 valence electrons. The lowest BCUT2D eigenvalue weighted by Crippen LogP contribution is -2.41. The SMILES string of the molecule is CC1CCCCC1NC(=O)/C(C#N)=C/c1ccc(OCC(N)=O)cc1. The molecule has 2 atom stereocenters. The molecule has 0 aromatic heterocycles. The Kier molecular flexibility index (Phi) is 6.58. The van der Waals surface area contributed by atoms with Crippen LogP contribution in [-0.2, 0) is 9.59 Å². The van der Waals surface area contributed by atoms with Gasteiger partial charge in [-0.05, 0) is 42.5 Å². The molecule has 0 saturated heterocycles. The van der Waals surface area contributed by atoms with Gasteiger partial charge in [-0.2, -0.15) is 5.26 Å². The monoisotopic (exact) mass is 341 g/mol. The fourth-order valence-electron chi connectivity index (χ4n) is 2.91. The van der Waals surface area contributed by atoms with E-state index in [1.165, 1.54) is 6.42 Å². The molecular weight excluding hydrogens is 318 g/mol. The second-order valence-corrected chi connectivity index (χ2v) is 6.34. The van der Waals surface area contributed by atoms with Crippen molar-refractivity contribution in [2.45, 2.75) is 38.6 Å². The highest BCUT2D eigenvalue weighted by Gasteiger charge is 2.23. The minimum Gasteiger partial charge on any atom is -0.484 e. The van der Waals surface area contributed by atoms with E-state index in [0.717, 1.165) is 19.3 Å². The van der Waals surface area contributed by atoms with E-state index in [2.05, 4.69) is 12.2 Å². The summed E-state index contributed by atoms with van der Waals surface area (Å²) in [5, 5.41) is 12.3. The predicted octanol–water partition coefficient (Wildman–Crippen LogP) is 2.15. The van der Waals surface area contributed by atoms with Gasteiger partial charge in [0.1, 0.15) is 17.4 Å². The Labute approximate surface area is 147 Å². The number of amides is 2. The van der Waals surface area contributed by atoms with Crippen LogP contribution in [-0.4, -0.2) is 24.5 Å². The first kappa shape index (κ1) is 18.5. The molecule has 6 nitrogen and oxygen atoms in total. The average Bonchev–Trinajstić information content (AvgIpc) is 2.60. The van der Waals surface area contributed by atoms with Crippen LogP contribution >= 0.6 is 0 Å². The fourth-order valence-corrected chi connectivity index (χ4v) is 2.91. The predicted molar refractivity (Wildman–Crippen MR) is 94.3 cm³/mol. The molecule has 1 aromatic carbocycles. The van der Waals surface area contributed by atoms with E-state index >= 15 is 0 Å². The Hall–Kier alpha value is -2.81. The van der Waals surface area contributed by atoms with Crippen LogP contribution < -0.4 is 15.8 Å². The Morgan fingerprint density at radius 2 is 2.00 bits per heavy atom. The summed E-state index contributed by atoms with van der Waals surface area (Å²) in [6, 6.07) is 8.83. The Bertz CT molecular complexity index is 689. The van der Waals surface area contributed by atoms with Crippen molar-refractivity contribution in [2.75, 3.05) is 6.61 Å². The second-order valence-electron chi connectivity index (χ2n) is 6.34. The van der Waals surface area contributed by atoms with Gasteiger partial charge >= 0.3 is 0 Å². The molecule has 2 amide bonds. The van der Waals surface area contributed by atoms with Crippen molar-refractivity contribution < 1.29 is 14.3 Å². The molecular formula is C19H23N3O3. The number of rotatable bonds is 6. The Balaban J connectivity index is 2.02. The summed E-state index contributed by atoms with van der Waals surface area (Å²) in [4.78, 5) is 23.1. The lowest BCUT2D eigenvalue weighted by molar-refractivity contribution is -0.120. The number of nitrogens with two attached hydrogens (primary N) is 1. The van der Waals surface area contributed by atoms with Gasteiger partial charge in [-0.15, -0.1) is 0 Å². The highest BCUT2D eigenvalue weighted by Crippen LogP contribution is 2.24. The number of nitrogens with zero attached hydrogens (tertiary/aromatic N) is 1. The largest absolute Gasteiger partial charge is 0.484 e. The molecule has 25 heavy (non-hydrogen) atoms. The quantitative estimate of drug-likeness (QED) is 0.611. The summed E-state index contributed by atoms with van der Waals surface area (Å²) in [7, 11) is 0. The maximum atomic E-state index is 12.4. The zero-order chi connectivity index (χ0) is 18.2. The number of ether oxygens (including phenoxy) is 1. The maximum Gasteiger partial charge on any atom is 0.262 e. The summed E-state index contributed by atoms with van der Waals surface area (Å²) in [5.41, 5.74) is 5.80. The van der Waals surface area contributed by atoms with Gasteiger partial charge in [0.05, 0.1) is 0 Å². The number of nitrogens with one attached hydrogen (secondary N) is 1. The molecule has 1 aliphatic carbocycles. The summed E-state index contributed by atoms with van der Waals surface area (Å²) in [6.45, 7) is 1.94. The highest BCUT2D eigenvalue weighted by molar-refractivity contribution is 6.01. The number of hydrogen-bond donors (Lipinski definition) is 2. The molecule has 0 radical (unpaired) electrons. The standard InChI is InChI=1S/C19H23N3O3/c1-13-4-2-3-5-17(13)22-19(24)15(11-20)10-14-6-8-16(9-7-14)25-12-18(21)23/h6-10,13,17H,2-5,12H2,1H3,(H2,21,23)(H,22,24)/b15-10+. The van der Waals surface area contributed by atoms with E-state index in [-0.39, 0.29) is 24.1 Å². The van der Waals surface area contributed by atoms with Gasteiger partial charge in [-0.1, -0.05) is 31.9 Å². The lowest BCUT2D eigenvalue weighted by atomic mass is 9.86. The van der Waals surface area contributed by atoms with E-state index in [1.54, 1.807) is 30.3 Å². The molecule has 2 rings (SSSR count). The molecule has 3 N–H and O–H groups in total. The Morgan fingerprint density at radius 1 is 1.32 bits per heavy atom. The topological polar surface area (TPSA) is 105 Å². The summed E-state index contributed by atoms with van der Waals surface area (Å²) in [6.07, 6.45) is 5.90. The molecule has 0 spiro atoms. The number of nitriles is 1. The van der Waals surface area contributed by atoms with E-state index in [0.29, 0.717) is 17.2 Å². The third-order valence-corrected chi connectivity index (χ3v) is 4.37. The van der Waals surface area contributed by atoms with Gasteiger partial charge in [0, 0.05) is 6.04 Å². The lowest BCUT2D eigenvalue weighted by Gasteiger charge is -2.29. The number of primary amides is 1. The minimum atomic E-state index is -0.552. The highest BCUT2D eigenvalue weighted by atomic mass is 16.5. The normalized spacial score (nSPS) is 20.4. The van der Waals surface area contributed by atoms with E-state index < -0.39 is 5.91 Å². The number of hydrogen-bond acceptors (Lipinski definition) is 4. The fraction of sp³-hybridized carbons (Fsp3) is 0.421. The number of carbonyl (C=O) groups excluding carboxylic acids is 2. The van der Waals surface area contributed by atoms with Crippen LogP contribution in [0.25, 0.3) is 6.08 Å². The van der Waals surface area contributed by atoms with E-state index in [1.807, 2.05) is 6.07 Å². The van der Waals surface area contributed by atoms with Crippen LogP contribution in [0, 0.1) is 17.2 Å². The third-order valence-electron chi connectivity index (χ3n) is 4.37. The van der Waals surface area contributed by atoms with Gasteiger partial charge in [0.2, 0.25) is 0 Å². The van der Waals surface area contributed by atoms with Crippen LogP contribution in [0.5, 0.6) is 5.75 Å². The molecule has 0 aliphatic heterocycles. The van der Waals surface area contributed by atoms with Crippen molar-refractivity contribution in [3.05, 3.63) is 35.4 Å². The first-order valence-electron chi connectivity index (χ1n) is 8.43. The third kappa shape index (κ3) is 5.64. The Morgan fingerprint density at radius 3 is 2.60 bits per heavy atom. The molecule has 0 bridgehead atoms. The molecule has 2 unspecified atom stereocenters. The smallest absolute Gasteiger partial charge is 0.262 e. The van der Waals surface area contributed by atoms with Gasteiger partial charge < -0.3 is 15.8 Å². The molecule has 1 fully saturated rings. The van der Waals surface area contributed by atoms with Crippen molar-refractivity contribution in [1.29, 1.82) is 5.26 Å². The molecule has 1 saturated carbocycles. The van der Waals surface area contributed by atoms with Gasteiger partial charge in [-0.25, -0.2) is 0 Å². The minimum absolute atomic E-state index is 0.0728. The van der Waals surface area contributed by atoms with E-state index in [9.17, 15) is 14.9 Å². The van der Waals surface area contributed by atoms with Gasteiger partial charge in [-0.3, -0.25) is 9.59 Å². The second kappa shape index (κ2) is 8.88. The van der Waals surface area contributed by atoms with Crippen LogP contribution in [0.4, 0.5) is 0 Å². The first-order chi connectivity index (χ1) is 12.0. The van der Waals surface area contributed by atoms with Crippen molar-refractivity contribution in [3.63, 3.8) is 0 Å². The van der Waals surface area contributed by atoms with Crippen LogP contribution in [0.3, 0.4) is 0 Å². The molecule has 1 aromatic rings. The average molecular weight is 341 g/mol. The number of benzene rings is 1. The molecule has 1 aliphatic rings. The van der Waals surface area contributed by atoms with Gasteiger partial charge in [0.15, 0.2) is 6.61 Å². The number of carbonyl (C=O) groups is 2. The van der Waals surface area contributed by atoms with Crippen LogP contribution in [0.15, 0.2) is 29.8 Å². The summed E-state index contributed by atoms with van der Waals surface area (Å²) < 4.78 is 5.17. The van der Waals surface area contributed by atoms with Crippen LogP contribution in [0.1, 0.15) is 38.2 Å². The van der Waals surface area contributed by atoms with Crippen molar-refractivity contribution >= 4 is 17.9 Å². The maximum absolute atomic E-state index is 12.4. The van der Waals surface area contributed by atoms with Crippen molar-refractivity contribution in [3.8, 4) is 11.8 Å². The van der Waals surface area contributed by atoms with E-state index in [4.69, 9.17) is 10.5 Å². The summed E-state index contributed by atoms with van der Waals surface area (Å²) in [5.74, 6) is 0.0360. The van der Waals surface area contributed by atoms with Gasteiger partial charge in [0.25, 0.3) is 11.8 Å². The first-order valence-corrected chi connectivity index (χ1v) is 8.43. The molecule has 6 heteroatoms.